The molecule has 0 aliphatic carbocycles. The van der Waals surface area contributed by atoms with Gasteiger partial charge in [-0.2, -0.15) is 4.98 Å². The van der Waals surface area contributed by atoms with Crippen LogP contribution in [0.3, 0.4) is 0 Å². The molecule has 0 saturated carbocycles. The van der Waals surface area contributed by atoms with Crippen LogP contribution in [0.4, 0.5) is 4.39 Å². The third-order valence-corrected chi connectivity index (χ3v) is 4.15. The average molecular weight is 289 g/mol. The fraction of sp³-hybridized carbons (Fsp3) is 0.500. The summed E-state index contributed by atoms with van der Waals surface area (Å²) in [6, 6.07) is 6.56. The van der Waals surface area contributed by atoms with Crippen LogP contribution >= 0.6 is 0 Å². The molecule has 1 aliphatic heterocycles. The van der Waals surface area contributed by atoms with Gasteiger partial charge in [-0.15, -0.1) is 0 Å². The van der Waals surface area contributed by atoms with Gasteiger partial charge in [-0.25, -0.2) is 4.39 Å². The summed E-state index contributed by atoms with van der Waals surface area (Å²) >= 11 is 0. The Hall–Kier alpha value is -1.75. The van der Waals surface area contributed by atoms with Crippen molar-refractivity contribution in [3.05, 3.63) is 47.4 Å². The van der Waals surface area contributed by atoms with E-state index in [0.29, 0.717) is 18.1 Å². The molecule has 1 aliphatic rings. The first kappa shape index (κ1) is 14.2. The Kier molecular flexibility index (Phi) is 4.29. The molecule has 0 bridgehead atoms. The summed E-state index contributed by atoms with van der Waals surface area (Å²) in [5.74, 6) is 1.82. The zero-order valence-corrected chi connectivity index (χ0v) is 12.2. The van der Waals surface area contributed by atoms with Crippen LogP contribution in [0.15, 0.2) is 28.8 Å². The zero-order valence-electron chi connectivity index (χ0n) is 12.2. The first-order valence-electron chi connectivity index (χ1n) is 7.55. The minimum absolute atomic E-state index is 0.165. The fourth-order valence-corrected chi connectivity index (χ4v) is 2.82. The lowest BCUT2D eigenvalue weighted by atomic mass is 9.90. The number of nitrogens with zero attached hydrogens (tertiary/aromatic N) is 2. The molecule has 2 atom stereocenters. The van der Waals surface area contributed by atoms with E-state index in [4.69, 9.17) is 4.52 Å². The van der Waals surface area contributed by atoms with Crippen molar-refractivity contribution in [1.29, 1.82) is 0 Å². The van der Waals surface area contributed by atoms with E-state index in [1.807, 2.05) is 0 Å². The van der Waals surface area contributed by atoms with E-state index in [9.17, 15) is 4.39 Å². The quantitative estimate of drug-likeness (QED) is 0.938. The number of nitrogens with one attached hydrogen (secondary N) is 1. The summed E-state index contributed by atoms with van der Waals surface area (Å²) in [6.45, 7) is 3.22. The van der Waals surface area contributed by atoms with Crippen LogP contribution in [0.25, 0.3) is 0 Å². The lowest BCUT2D eigenvalue weighted by Crippen LogP contribution is -2.31. The summed E-state index contributed by atoms with van der Waals surface area (Å²) in [6.07, 6.45) is 4.01. The molecule has 1 fully saturated rings. The van der Waals surface area contributed by atoms with Crippen LogP contribution in [0.2, 0.25) is 0 Å². The van der Waals surface area contributed by atoms with Gasteiger partial charge in [0, 0.05) is 6.42 Å². The predicted molar refractivity (Wildman–Crippen MR) is 77.3 cm³/mol. The van der Waals surface area contributed by atoms with E-state index in [-0.39, 0.29) is 11.9 Å². The topological polar surface area (TPSA) is 51.0 Å². The maximum atomic E-state index is 12.9. The van der Waals surface area contributed by atoms with Gasteiger partial charge in [0.1, 0.15) is 5.82 Å². The number of benzene rings is 1. The molecule has 2 unspecified atom stereocenters. The van der Waals surface area contributed by atoms with E-state index in [1.165, 1.54) is 25.0 Å². The minimum Gasteiger partial charge on any atom is -0.338 e. The van der Waals surface area contributed by atoms with Crippen molar-refractivity contribution in [3.8, 4) is 0 Å². The van der Waals surface area contributed by atoms with Gasteiger partial charge < -0.3 is 9.84 Å². The van der Waals surface area contributed by atoms with Crippen molar-refractivity contribution in [2.24, 2.45) is 5.92 Å². The van der Waals surface area contributed by atoms with Crippen molar-refractivity contribution in [2.45, 2.75) is 38.6 Å². The summed E-state index contributed by atoms with van der Waals surface area (Å²) in [5.41, 5.74) is 0.979. The van der Waals surface area contributed by atoms with Crippen molar-refractivity contribution in [1.82, 2.24) is 15.5 Å². The van der Waals surface area contributed by atoms with Crippen LogP contribution in [0.1, 0.15) is 49.5 Å². The fourth-order valence-electron chi connectivity index (χ4n) is 2.82. The minimum atomic E-state index is -0.232. The van der Waals surface area contributed by atoms with Gasteiger partial charge in [0.2, 0.25) is 5.89 Å². The summed E-state index contributed by atoms with van der Waals surface area (Å²) in [7, 11) is 0. The average Bonchev–Trinajstić information content (AvgIpc) is 2.98. The van der Waals surface area contributed by atoms with Crippen LogP contribution in [0.5, 0.6) is 0 Å². The van der Waals surface area contributed by atoms with Crippen LogP contribution in [-0.4, -0.2) is 16.7 Å². The number of halogens is 1. The second-order valence-electron chi connectivity index (χ2n) is 5.66. The van der Waals surface area contributed by atoms with E-state index in [0.717, 1.165) is 24.4 Å². The molecule has 1 N–H and O–H groups in total. The molecule has 3 rings (SSSR count). The van der Waals surface area contributed by atoms with Gasteiger partial charge in [-0.1, -0.05) is 30.6 Å². The second kappa shape index (κ2) is 6.35. The Morgan fingerprint density at radius 2 is 2.14 bits per heavy atom. The maximum absolute atomic E-state index is 12.9. The van der Waals surface area contributed by atoms with Gasteiger partial charge in [0.25, 0.3) is 0 Å². The Labute approximate surface area is 123 Å². The Morgan fingerprint density at radius 1 is 1.33 bits per heavy atom. The molecule has 0 amide bonds. The molecular weight excluding hydrogens is 269 g/mol. The van der Waals surface area contributed by atoms with Crippen molar-refractivity contribution < 1.29 is 8.91 Å². The molecule has 0 radical (unpaired) electrons. The molecule has 2 aromatic rings. The standard InChI is InChI=1S/C16H20FN3O/c1-2-11-7-8-18-14(9-11)16-19-15(20-21-16)10-12-3-5-13(17)6-4-12/h3-6,11,14,18H,2,7-10H2,1H3. The normalized spacial score (nSPS) is 22.4. The molecule has 1 saturated heterocycles. The van der Waals surface area contributed by atoms with Gasteiger partial charge in [-0.3, -0.25) is 0 Å². The molecule has 112 valence electrons. The molecule has 1 aromatic carbocycles. The Bertz CT molecular complexity index is 581. The van der Waals surface area contributed by atoms with Crippen LogP contribution in [0, 0.1) is 11.7 Å². The van der Waals surface area contributed by atoms with E-state index in [2.05, 4.69) is 22.4 Å². The van der Waals surface area contributed by atoms with Gasteiger partial charge in [0.05, 0.1) is 6.04 Å². The summed E-state index contributed by atoms with van der Waals surface area (Å²) < 4.78 is 18.3. The molecule has 1 aromatic heterocycles. The highest BCUT2D eigenvalue weighted by atomic mass is 19.1. The monoisotopic (exact) mass is 289 g/mol. The highest BCUT2D eigenvalue weighted by Crippen LogP contribution is 2.28. The lowest BCUT2D eigenvalue weighted by molar-refractivity contribution is 0.245. The lowest BCUT2D eigenvalue weighted by Gasteiger charge is -2.27. The molecule has 21 heavy (non-hydrogen) atoms. The number of rotatable bonds is 4. The first-order chi connectivity index (χ1) is 10.2. The van der Waals surface area contributed by atoms with E-state index < -0.39 is 0 Å². The van der Waals surface area contributed by atoms with Crippen molar-refractivity contribution in [2.75, 3.05) is 6.54 Å². The number of piperidine rings is 1. The molecule has 4 nitrogen and oxygen atoms in total. The molecule has 0 spiro atoms. The highest BCUT2D eigenvalue weighted by Gasteiger charge is 2.25. The highest BCUT2D eigenvalue weighted by molar-refractivity contribution is 5.19. The molecule has 2 heterocycles. The first-order valence-corrected chi connectivity index (χ1v) is 7.55. The maximum Gasteiger partial charge on any atom is 0.243 e. The van der Waals surface area contributed by atoms with Crippen LogP contribution in [-0.2, 0) is 6.42 Å². The molecule has 5 heteroatoms. The van der Waals surface area contributed by atoms with Gasteiger partial charge >= 0.3 is 0 Å². The second-order valence-corrected chi connectivity index (χ2v) is 5.66. The Morgan fingerprint density at radius 3 is 2.90 bits per heavy atom. The predicted octanol–water partition coefficient (Wildman–Crippen LogP) is 3.25. The number of hydrogen-bond acceptors (Lipinski definition) is 4. The largest absolute Gasteiger partial charge is 0.338 e. The Balaban J connectivity index is 1.67. The summed E-state index contributed by atoms with van der Waals surface area (Å²) in [5, 5.41) is 7.48. The van der Waals surface area contributed by atoms with Crippen molar-refractivity contribution >= 4 is 0 Å². The van der Waals surface area contributed by atoms with Gasteiger partial charge in [-0.05, 0) is 43.0 Å². The third kappa shape index (κ3) is 3.47. The zero-order chi connectivity index (χ0) is 14.7. The SMILES string of the molecule is CCC1CCNC(c2nc(Cc3ccc(F)cc3)no2)C1. The summed E-state index contributed by atoms with van der Waals surface area (Å²) in [4.78, 5) is 4.49. The van der Waals surface area contributed by atoms with E-state index in [1.54, 1.807) is 12.1 Å². The van der Waals surface area contributed by atoms with Crippen LogP contribution < -0.4 is 5.32 Å². The van der Waals surface area contributed by atoms with E-state index >= 15 is 0 Å². The van der Waals surface area contributed by atoms with Gasteiger partial charge in [0.15, 0.2) is 5.82 Å². The number of aromatic nitrogens is 2. The van der Waals surface area contributed by atoms with Crippen molar-refractivity contribution in [3.63, 3.8) is 0 Å². The molecular formula is C16H20FN3O. The number of hydrogen-bond donors (Lipinski definition) is 1. The smallest absolute Gasteiger partial charge is 0.243 e. The third-order valence-electron chi connectivity index (χ3n) is 4.15.